The summed E-state index contributed by atoms with van der Waals surface area (Å²) in [5, 5.41) is 0. The molecule has 2 unspecified atom stereocenters. The summed E-state index contributed by atoms with van der Waals surface area (Å²) in [4.78, 5) is 0. The molecule has 0 aliphatic heterocycles. The molecule has 2 rings (SSSR count). The third-order valence-corrected chi connectivity index (χ3v) is 3.79. The van der Waals surface area contributed by atoms with Crippen molar-refractivity contribution in [3.63, 3.8) is 0 Å². The van der Waals surface area contributed by atoms with Gasteiger partial charge < -0.3 is 10.5 Å². The molecule has 0 radical (unpaired) electrons. The Hall–Kier alpha value is -1.64. The van der Waals surface area contributed by atoms with Crippen LogP contribution in [0, 0.1) is 0 Å². The minimum absolute atomic E-state index is 0.110. The number of rotatable bonds is 6. The van der Waals surface area contributed by atoms with E-state index in [1.165, 1.54) is 5.56 Å². The second-order valence-corrected chi connectivity index (χ2v) is 5.63. The van der Waals surface area contributed by atoms with Crippen molar-refractivity contribution in [1.29, 1.82) is 0 Å². The molecule has 0 amide bonds. The van der Waals surface area contributed by atoms with Gasteiger partial charge in [0.05, 0.1) is 6.04 Å². The molecular formula is C19H25NO. The largest absolute Gasteiger partial charge is 0.372 e. The van der Waals surface area contributed by atoms with Gasteiger partial charge in [0.1, 0.15) is 6.10 Å². The molecule has 2 heteroatoms. The molecular weight excluding hydrogens is 258 g/mol. The van der Waals surface area contributed by atoms with E-state index in [4.69, 9.17) is 10.5 Å². The van der Waals surface area contributed by atoms with Gasteiger partial charge in [-0.15, -0.1) is 0 Å². The molecule has 0 bridgehead atoms. The monoisotopic (exact) mass is 283 g/mol. The molecule has 112 valence electrons. The zero-order valence-electron chi connectivity index (χ0n) is 13.1. The van der Waals surface area contributed by atoms with Crippen LogP contribution < -0.4 is 5.73 Å². The molecule has 2 atom stereocenters. The van der Waals surface area contributed by atoms with Crippen LogP contribution in [0.3, 0.4) is 0 Å². The molecule has 2 aromatic rings. The van der Waals surface area contributed by atoms with Gasteiger partial charge in [-0.2, -0.15) is 0 Å². The highest BCUT2D eigenvalue weighted by Crippen LogP contribution is 2.30. The van der Waals surface area contributed by atoms with Crippen LogP contribution >= 0.6 is 0 Å². The van der Waals surface area contributed by atoms with E-state index in [1.807, 2.05) is 25.1 Å². The Bertz CT molecular complexity index is 533. The molecule has 0 fully saturated rings. The second-order valence-electron chi connectivity index (χ2n) is 5.63. The first-order valence-electron chi connectivity index (χ1n) is 7.65. The van der Waals surface area contributed by atoms with Crippen LogP contribution in [0.4, 0.5) is 0 Å². The average molecular weight is 283 g/mol. The lowest BCUT2D eigenvalue weighted by atomic mass is 9.94. The van der Waals surface area contributed by atoms with Gasteiger partial charge >= 0.3 is 0 Å². The molecule has 0 aromatic heterocycles. The standard InChI is InChI=1S/C19H25NO/c1-4-21-19(17-8-6-5-7-9-17)18(20)16-12-10-15(11-13-16)14(2)3/h5-14,18-19H,4,20H2,1-3H3. The molecule has 0 spiro atoms. The lowest BCUT2D eigenvalue weighted by Gasteiger charge is -2.25. The molecule has 0 aliphatic carbocycles. The third kappa shape index (κ3) is 3.93. The fourth-order valence-corrected chi connectivity index (χ4v) is 2.51. The third-order valence-electron chi connectivity index (χ3n) is 3.79. The number of nitrogens with two attached hydrogens (primary N) is 1. The first-order chi connectivity index (χ1) is 10.1. The summed E-state index contributed by atoms with van der Waals surface area (Å²) in [6.45, 7) is 7.05. The Kier molecular flexibility index (Phi) is 5.54. The predicted octanol–water partition coefficient (Wildman–Crippen LogP) is 4.59. The maximum absolute atomic E-state index is 6.46. The lowest BCUT2D eigenvalue weighted by molar-refractivity contribution is 0.0429. The number of ether oxygens (including phenoxy) is 1. The normalized spacial score (nSPS) is 14.1. The van der Waals surface area contributed by atoms with Gasteiger partial charge in [0.2, 0.25) is 0 Å². The topological polar surface area (TPSA) is 35.2 Å². The van der Waals surface area contributed by atoms with Crippen molar-refractivity contribution in [1.82, 2.24) is 0 Å². The predicted molar refractivity (Wildman–Crippen MR) is 88.3 cm³/mol. The summed E-state index contributed by atoms with van der Waals surface area (Å²) < 4.78 is 5.90. The number of hydrogen-bond acceptors (Lipinski definition) is 2. The molecule has 21 heavy (non-hydrogen) atoms. The van der Waals surface area contributed by atoms with E-state index in [-0.39, 0.29) is 12.1 Å². The van der Waals surface area contributed by atoms with E-state index in [0.29, 0.717) is 12.5 Å². The van der Waals surface area contributed by atoms with Crippen molar-refractivity contribution >= 4 is 0 Å². The van der Waals surface area contributed by atoms with Crippen LogP contribution in [0.25, 0.3) is 0 Å². The zero-order valence-corrected chi connectivity index (χ0v) is 13.1. The second kappa shape index (κ2) is 7.39. The Balaban J connectivity index is 2.24. The van der Waals surface area contributed by atoms with Crippen molar-refractivity contribution in [3.05, 3.63) is 71.3 Å². The Labute approximate surface area is 127 Å². The van der Waals surface area contributed by atoms with E-state index in [9.17, 15) is 0 Å². The van der Waals surface area contributed by atoms with E-state index < -0.39 is 0 Å². The molecule has 0 saturated heterocycles. The molecule has 0 saturated carbocycles. The van der Waals surface area contributed by atoms with E-state index in [2.05, 4.69) is 50.2 Å². The Morgan fingerprint density at radius 3 is 1.95 bits per heavy atom. The van der Waals surface area contributed by atoms with Crippen LogP contribution in [0.1, 0.15) is 55.5 Å². The summed E-state index contributed by atoms with van der Waals surface area (Å²) in [6, 6.07) is 18.6. The van der Waals surface area contributed by atoms with Crippen LogP contribution in [-0.2, 0) is 4.74 Å². The van der Waals surface area contributed by atoms with Gasteiger partial charge in [0, 0.05) is 6.61 Å². The van der Waals surface area contributed by atoms with Crippen LogP contribution in [0.15, 0.2) is 54.6 Å². The maximum Gasteiger partial charge on any atom is 0.102 e. The van der Waals surface area contributed by atoms with Gasteiger partial charge in [0.25, 0.3) is 0 Å². The smallest absolute Gasteiger partial charge is 0.102 e. The summed E-state index contributed by atoms with van der Waals surface area (Å²) >= 11 is 0. The van der Waals surface area contributed by atoms with E-state index >= 15 is 0 Å². The highest BCUT2D eigenvalue weighted by molar-refractivity contribution is 5.30. The van der Waals surface area contributed by atoms with Crippen molar-refractivity contribution in [3.8, 4) is 0 Å². The Morgan fingerprint density at radius 2 is 1.43 bits per heavy atom. The molecule has 0 heterocycles. The molecule has 2 nitrogen and oxygen atoms in total. The van der Waals surface area contributed by atoms with Gasteiger partial charge in [0.15, 0.2) is 0 Å². The van der Waals surface area contributed by atoms with Crippen LogP contribution in [0.2, 0.25) is 0 Å². The summed E-state index contributed by atoms with van der Waals surface area (Å²) in [6.07, 6.45) is -0.110. The lowest BCUT2D eigenvalue weighted by Crippen LogP contribution is -2.22. The molecule has 2 N–H and O–H groups in total. The minimum Gasteiger partial charge on any atom is -0.372 e. The van der Waals surface area contributed by atoms with Crippen LogP contribution in [0.5, 0.6) is 0 Å². The molecule has 0 aliphatic rings. The van der Waals surface area contributed by atoms with Crippen molar-refractivity contribution < 1.29 is 4.74 Å². The number of benzene rings is 2. The first kappa shape index (κ1) is 15.7. The van der Waals surface area contributed by atoms with Crippen molar-refractivity contribution in [2.45, 2.75) is 38.8 Å². The summed E-state index contributed by atoms with van der Waals surface area (Å²) in [5.74, 6) is 0.534. The van der Waals surface area contributed by atoms with E-state index in [1.54, 1.807) is 0 Å². The highest BCUT2D eigenvalue weighted by atomic mass is 16.5. The average Bonchev–Trinajstić information content (AvgIpc) is 2.53. The van der Waals surface area contributed by atoms with Crippen LogP contribution in [-0.4, -0.2) is 6.61 Å². The summed E-state index contributed by atoms with van der Waals surface area (Å²) in [7, 11) is 0. The van der Waals surface area contributed by atoms with Gasteiger partial charge in [-0.1, -0.05) is 68.4 Å². The highest BCUT2D eigenvalue weighted by Gasteiger charge is 2.21. The van der Waals surface area contributed by atoms with Crippen molar-refractivity contribution in [2.24, 2.45) is 5.73 Å². The van der Waals surface area contributed by atoms with Gasteiger partial charge in [-0.25, -0.2) is 0 Å². The van der Waals surface area contributed by atoms with Crippen molar-refractivity contribution in [2.75, 3.05) is 6.61 Å². The fraction of sp³-hybridized carbons (Fsp3) is 0.368. The SMILES string of the molecule is CCOC(c1ccccc1)C(N)c1ccc(C(C)C)cc1. The van der Waals surface area contributed by atoms with Gasteiger partial charge in [-0.3, -0.25) is 0 Å². The number of hydrogen-bond donors (Lipinski definition) is 1. The molecule has 2 aromatic carbocycles. The van der Waals surface area contributed by atoms with E-state index in [0.717, 1.165) is 11.1 Å². The minimum atomic E-state index is -0.159. The maximum atomic E-state index is 6.46. The van der Waals surface area contributed by atoms with Gasteiger partial charge in [-0.05, 0) is 29.5 Å². The quantitative estimate of drug-likeness (QED) is 0.841. The fourth-order valence-electron chi connectivity index (χ4n) is 2.51. The zero-order chi connectivity index (χ0) is 15.2. The first-order valence-corrected chi connectivity index (χ1v) is 7.65. The Morgan fingerprint density at radius 1 is 0.857 bits per heavy atom. The summed E-state index contributed by atoms with van der Waals surface area (Å²) in [5.41, 5.74) is 10.0.